The van der Waals surface area contributed by atoms with Gasteiger partial charge in [0.2, 0.25) is 5.95 Å². The molecule has 4 aromatic rings. The number of amides is 3. The first-order valence-corrected chi connectivity index (χ1v) is 13.0. The average molecular weight is 624 g/mol. The molecule has 0 fully saturated rings. The lowest BCUT2D eigenvalue weighted by Crippen LogP contribution is -2.27. The number of aromatic nitrogens is 4. The molecule has 0 atom stereocenters. The fourth-order valence-electron chi connectivity index (χ4n) is 4.20. The van der Waals surface area contributed by atoms with Crippen molar-refractivity contribution in [2.24, 2.45) is 7.05 Å². The van der Waals surface area contributed by atoms with Gasteiger partial charge in [-0.25, -0.2) is 19.6 Å². The molecule has 0 radical (unpaired) electrons. The van der Waals surface area contributed by atoms with Gasteiger partial charge in [-0.05, 0) is 63.1 Å². The number of ether oxygens (including phenoxy) is 1. The molecule has 44 heavy (non-hydrogen) atoms. The highest BCUT2D eigenvalue weighted by Crippen LogP contribution is 2.37. The van der Waals surface area contributed by atoms with Gasteiger partial charge in [-0.15, -0.1) is 0 Å². The van der Waals surface area contributed by atoms with E-state index in [1.54, 1.807) is 33.9 Å². The molecule has 2 aromatic carbocycles. The monoisotopic (exact) mass is 623 g/mol. The molecule has 3 amide bonds. The van der Waals surface area contributed by atoms with E-state index in [0.717, 1.165) is 5.56 Å². The fraction of sp³-hybridized carbons (Fsp3) is 0.321. The second kappa shape index (κ2) is 11.7. The van der Waals surface area contributed by atoms with Crippen LogP contribution in [0.15, 0.2) is 42.6 Å². The number of urea groups is 1. The van der Waals surface area contributed by atoms with Crippen LogP contribution >= 0.6 is 0 Å². The minimum Gasteiger partial charge on any atom is -0.444 e. The van der Waals surface area contributed by atoms with Gasteiger partial charge in [-0.3, -0.25) is 15.3 Å². The van der Waals surface area contributed by atoms with Crippen LogP contribution in [0.2, 0.25) is 0 Å². The maximum atomic E-state index is 13.2. The first-order chi connectivity index (χ1) is 20.3. The molecule has 2 aromatic heterocycles. The van der Waals surface area contributed by atoms with Gasteiger partial charge in [0.15, 0.2) is 5.82 Å². The molecule has 0 saturated heterocycles. The number of fused-ring (bicyclic) bond motifs is 1. The Kier molecular flexibility index (Phi) is 8.48. The number of carbonyl (C=O) groups excluding carboxylic acids is 2. The number of aryl methyl sites for hydroxylation is 2. The number of nitrogens with zero attached hydrogens (tertiary/aromatic N) is 4. The smallest absolute Gasteiger partial charge is 0.416 e. The number of hydrogen-bond acceptors (Lipinski definition) is 6. The number of hydrogen-bond donors (Lipinski definition) is 3. The Labute approximate surface area is 246 Å². The number of benzene rings is 2. The first-order valence-electron chi connectivity index (χ1n) is 13.0. The standard InChI is InChI=1S/C28H27F6N7O3/c1-6-14-7-15(8-16-13-35-23(38-22(14)16)39-25(43)44-26(2,3)4)20-12-21(40-41(20)5)37-24(42)36-19-10-17(27(29,30)31)9-18(11-19)28(32,33)34/h7-13H,6H2,1-5H3,(H,35,38,39,43)(H2,36,37,40,42). The van der Waals surface area contributed by atoms with Crippen molar-refractivity contribution < 1.29 is 40.7 Å². The van der Waals surface area contributed by atoms with Crippen LogP contribution in [-0.2, 0) is 30.6 Å². The normalized spacial score (nSPS) is 12.2. The van der Waals surface area contributed by atoms with Crippen LogP contribution in [0.4, 0.5) is 53.4 Å². The third-order valence-corrected chi connectivity index (χ3v) is 6.02. The van der Waals surface area contributed by atoms with E-state index in [2.05, 4.69) is 25.7 Å². The van der Waals surface area contributed by atoms with E-state index in [0.29, 0.717) is 40.7 Å². The molecule has 16 heteroatoms. The molecule has 10 nitrogen and oxygen atoms in total. The maximum absolute atomic E-state index is 13.2. The van der Waals surface area contributed by atoms with Crippen LogP contribution in [0.25, 0.3) is 22.2 Å². The van der Waals surface area contributed by atoms with Gasteiger partial charge >= 0.3 is 24.5 Å². The second-order valence-corrected chi connectivity index (χ2v) is 10.7. The van der Waals surface area contributed by atoms with Crippen LogP contribution in [0.1, 0.15) is 44.4 Å². The lowest BCUT2D eigenvalue weighted by Gasteiger charge is -2.19. The van der Waals surface area contributed by atoms with Crippen LogP contribution < -0.4 is 16.0 Å². The minimum atomic E-state index is -5.07. The van der Waals surface area contributed by atoms with Crippen molar-refractivity contribution in [2.45, 2.75) is 52.1 Å². The molecule has 234 valence electrons. The topological polar surface area (TPSA) is 123 Å². The van der Waals surface area contributed by atoms with E-state index in [9.17, 15) is 35.9 Å². The van der Waals surface area contributed by atoms with Gasteiger partial charge in [-0.2, -0.15) is 31.4 Å². The summed E-state index contributed by atoms with van der Waals surface area (Å²) < 4.78 is 85.7. The predicted octanol–water partition coefficient (Wildman–Crippen LogP) is 7.62. The zero-order valence-corrected chi connectivity index (χ0v) is 24.0. The van der Waals surface area contributed by atoms with Crippen LogP contribution in [0.3, 0.4) is 0 Å². The minimum absolute atomic E-state index is 0.0191. The molecule has 0 aliphatic heterocycles. The molecule has 0 bridgehead atoms. The number of halogens is 6. The zero-order chi connectivity index (χ0) is 32.6. The summed E-state index contributed by atoms with van der Waals surface area (Å²) in [5.74, 6) is 0.0321. The lowest BCUT2D eigenvalue weighted by molar-refractivity contribution is -0.143. The van der Waals surface area contributed by atoms with Gasteiger partial charge < -0.3 is 10.1 Å². The SMILES string of the molecule is CCc1cc(-c2cc(NC(=O)Nc3cc(C(F)(F)F)cc(C(F)(F)F)c3)nn2C)cc2cnc(NC(=O)OC(C)(C)C)nc12. The molecule has 0 unspecified atom stereocenters. The number of carbonyl (C=O) groups is 2. The highest BCUT2D eigenvalue weighted by Gasteiger charge is 2.37. The molecule has 3 N–H and O–H groups in total. The third-order valence-electron chi connectivity index (χ3n) is 6.02. The van der Waals surface area contributed by atoms with Crippen molar-refractivity contribution in [3.63, 3.8) is 0 Å². The van der Waals surface area contributed by atoms with Crippen LogP contribution in [0, 0.1) is 0 Å². The highest BCUT2D eigenvalue weighted by molar-refractivity contribution is 5.99. The summed E-state index contributed by atoms with van der Waals surface area (Å²) in [6.07, 6.45) is -8.77. The molecular formula is C28H27F6N7O3. The Balaban J connectivity index is 1.57. The summed E-state index contributed by atoms with van der Waals surface area (Å²) in [5, 5.41) is 11.6. The molecule has 0 aliphatic rings. The Hall–Kier alpha value is -4.89. The molecule has 0 saturated carbocycles. The van der Waals surface area contributed by atoms with Crippen molar-refractivity contribution in [3.05, 3.63) is 59.3 Å². The van der Waals surface area contributed by atoms with Crippen molar-refractivity contribution in [2.75, 3.05) is 16.0 Å². The number of alkyl halides is 6. The van der Waals surface area contributed by atoms with E-state index >= 15 is 0 Å². The van der Waals surface area contributed by atoms with Crippen molar-refractivity contribution in [1.29, 1.82) is 0 Å². The zero-order valence-electron chi connectivity index (χ0n) is 24.0. The Morgan fingerprint density at radius 1 is 0.886 bits per heavy atom. The summed E-state index contributed by atoms with van der Waals surface area (Å²) in [6.45, 7) is 7.07. The summed E-state index contributed by atoms with van der Waals surface area (Å²) in [4.78, 5) is 33.3. The summed E-state index contributed by atoms with van der Waals surface area (Å²) >= 11 is 0. The van der Waals surface area contributed by atoms with E-state index in [4.69, 9.17) is 4.74 Å². The van der Waals surface area contributed by atoms with Crippen LogP contribution in [-0.4, -0.2) is 37.5 Å². The van der Waals surface area contributed by atoms with Crippen molar-refractivity contribution in [1.82, 2.24) is 19.7 Å². The summed E-state index contributed by atoms with van der Waals surface area (Å²) in [6, 6.07) is 4.72. The Morgan fingerprint density at radius 2 is 1.52 bits per heavy atom. The molecule has 0 spiro atoms. The van der Waals surface area contributed by atoms with E-state index in [-0.39, 0.29) is 17.8 Å². The summed E-state index contributed by atoms with van der Waals surface area (Å²) in [5.41, 5.74) is -2.00. The molecule has 0 aliphatic carbocycles. The van der Waals surface area contributed by atoms with Gasteiger partial charge in [0, 0.05) is 35.9 Å². The van der Waals surface area contributed by atoms with Gasteiger partial charge in [0.25, 0.3) is 0 Å². The quantitative estimate of drug-likeness (QED) is 0.197. The third kappa shape index (κ3) is 7.73. The lowest BCUT2D eigenvalue weighted by atomic mass is 10.0. The number of anilines is 3. The average Bonchev–Trinajstić information content (AvgIpc) is 3.25. The highest BCUT2D eigenvalue weighted by atomic mass is 19.4. The van der Waals surface area contributed by atoms with Gasteiger partial charge in [0.1, 0.15) is 5.60 Å². The fourth-order valence-corrected chi connectivity index (χ4v) is 4.20. The van der Waals surface area contributed by atoms with Crippen molar-refractivity contribution >= 4 is 40.5 Å². The number of rotatable bonds is 5. The molecule has 2 heterocycles. The molecular weight excluding hydrogens is 596 g/mol. The Bertz CT molecular complexity index is 1690. The van der Waals surface area contributed by atoms with Crippen molar-refractivity contribution in [3.8, 4) is 11.3 Å². The van der Waals surface area contributed by atoms with Gasteiger partial charge in [0.05, 0.1) is 22.3 Å². The number of nitrogens with one attached hydrogen (secondary N) is 3. The summed E-state index contributed by atoms with van der Waals surface area (Å²) in [7, 11) is 1.58. The van der Waals surface area contributed by atoms with E-state index in [1.807, 2.05) is 18.3 Å². The second-order valence-electron chi connectivity index (χ2n) is 10.7. The van der Waals surface area contributed by atoms with E-state index < -0.39 is 46.9 Å². The van der Waals surface area contributed by atoms with E-state index in [1.165, 1.54) is 16.9 Å². The Morgan fingerprint density at radius 3 is 2.09 bits per heavy atom. The maximum Gasteiger partial charge on any atom is 0.416 e. The van der Waals surface area contributed by atoms with Crippen LogP contribution in [0.5, 0.6) is 0 Å². The first kappa shape index (κ1) is 32.0. The molecule has 4 rings (SSSR count). The largest absolute Gasteiger partial charge is 0.444 e. The van der Waals surface area contributed by atoms with Gasteiger partial charge in [-0.1, -0.05) is 6.92 Å². The predicted molar refractivity (Wildman–Crippen MR) is 150 cm³/mol.